The van der Waals surface area contributed by atoms with Gasteiger partial charge in [0, 0.05) is 19.2 Å². The van der Waals surface area contributed by atoms with Gasteiger partial charge in [-0.25, -0.2) is 8.42 Å². The molecule has 160 valence electrons. The van der Waals surface area contributed by atoms with Crippen molar-refractivity contribution >= 4 is 27.5 Å². The quantitative estimate of drug-likeness (QED) is 0.707. The van der Waals surface area contributed by atoms with E-state index >= 15 is 0 Å². The van der Waals surface area contributed by atoms with E-state index in [2.05, 4.69) is 10.6 Å². The first kappa shape index (κ1) is 21.6. The van der Waals surface area contributed by atoms with E-state index in [0.29, 0.717) is 17.0 Å². The van der Waals surface area contributed by atoms with Crippen molar-refractivity contribution < 1.29 is 22.7 Å². The molecule has 1 aliphatic heterocycles. The Morgan fingerprint density at radius 2 is 1.90 bits per heavy atom. The molecule has 1 atom stereocenters. The van der Waals surface area contributed by atoms with Crippen LogP contribution in [0.15, 0.2) is 17.0 Å². The molecule has 1 aromatic carbocycles. The summed E-state index contributed by atoms with van der Waals surface area (Å²) in [5.41, 5.74) is 0.913. The van der Waals surface area contributed by atoms with Crippen LogP contribution >= 0.6 is 0 Å². The Morgan fingerprint density at radius 1 is 1.24 bits per heavy atom. The molecule has 1 heterocycles. The number of benzene rings is 1. The van der Waals surface area contributed by atoms with Crippen LogP contribution in [0.4, 0.5) is 5.69 Å². The summed E-state index contributed by atoms with van der Waals surface area (Å²) in [6.07, 6.45) is 5.70. The highest BCUT2D eigenvalue weighted by atomic mass is 32.2. The van der Waals surface area contributed by atoms with Gasteiger partial charge in [0.15, 0.2) is 6.10 Å². The SMILES string of the molecule is Cc1cc2c(cc1S(=O)(=O)N(C)CC(=O)NC1CCCCCC1)O[C@@H](C)C(=O)N2. The van der Waals surface area contributed by atoms with Gasteiger partial charge in [-0.3, -0.25) is 9.59 Å². The molecule has 1 fully saturated rings. The average molecular weight is 424 g/mol. The monoisotopic (exact) mass is 423 g/mol. The second-order valence-corrected chi connectivity index (χ2v) is 9.89. The molecule has 2 aliphatic rings. The molecule has 3 rings (SSSR count). The number of nitrogens with one attached hydrogen (secondary N) is 2. The number of carbonyl (C=O) groups is 2. The molecule has 1 aliphatic carbocycles. The molecular formula is C20H29N3O5S. The summed E-state index contributed by atoms with van der Waals surface area (Å²) in [6.45, 7) is 3.00. The minimum atomic E-state index is -3.90. The molecular weight excluding hydrogens is 394 g/mol. The Bertz CT molecular complexity index is 892. The number of hydrogen-bond acceptors (Lipinski definition) is 5. The summed E-state index contributed by atoms with van der Waals surface area (Å²) < 4.78 is 32.7. The lowest BCUT2D eigenvalue weighted by Crippen LogP contribution is -2.42. The standard InChI is InChI=1S/C20H29N3O5S/c1-13-10-16-17(28-14(2)20(25)22-16)11-18(13)29(26,27)23(3)12-19(24)21-15-8-6-4-5-7-9-15/h10-11,14-15H,4-9,12H2,1-3H3,(H,21,24)(H,22,25)/t14-/m0/s1. The van der Waals surface area contributed by atoms with Crippen molar-refractivity contribution in [2.75, 3.05) is 18.9 Å². The number of ether oxygens (including phenoxy) is 1. The maximum Gasteiger partial charge on any atom is 0.265 e. The van der Waals surface area contributed by atoms with Crippen LogP contribution < -0.4 is 15.4 Å². The maximum absolute atomic E-state index is 13.1. The normalized spacial score (nSPS) is 20.4. The lowest BCUT2D eigenvalue weighted by atomic mass is 10.1. The van der Waals surface area contributed by atoms with Gasteiger partial charge in [0.25, 0.3) is 5.91 Å². The second kappa shape index (κ2) is 8.71. The fraction of sp³-hybridized carbons (Fsp3) is 0.600. The van der Waals surface area contributed by atoms with Crippen molar-refractivity contribution in [1.82, 2.24) is 9.62 Å². The lowest BCUT2D eigenvalue weighted by molar-refractivity contribution is -0.123. The highest BCUT2D eigenvalue weighted by molar-refractivity contribution is 7.89. The zero-order valence-corrected chi connectivity index (χ0v) is 18.0. The van der Waals surface area contributed by atoms with Gasteiger partial charge in [-0.05, 0) is 38.3 Å². The van der Waals surface area contributed by atoms with Crippen LogP contribution in [-0.2, 0) is 19.6 Å². The third kappa shape index (κ3) is 4.90. The molecule has 1 saturated carbocycles. The smallest absolute Gasteiger partial charge is 0.265 e. The molecule has 29 heavy (non-hydrogen) atoms. The molecule has 0 spiro atoms. The van der Waals surface area contributed by atoms with Gasteiger partial charge >= 0.3 is 0 Å². The molecule has 0 bridgehead atoms. The Labute approximate surface area is 172 Å². The van der Waals surface area contributed by atoms with Gasteiger partial charge in [0.05, 0.1) is 17.1 Å². The van der Waals surface area contributed by atoms with Crippen molar-refractivity contribution in [2.45, 2.75) is 69.4 Å². The van der Waals surface area contributed by atoms with Crippen molar-refractivity contribution in [2.24, 2.45) is 0 Å². The highest BCUT2D eigenvalue weighted by Crippen LogP contribution is 2.35. The van der Waals surface area contributed by atoms with E-state index in [4.69, 9.17) is 4.74 Å². The largest absolute Gasteiger partial charge is 0.479 e. The number of nitrogens with zero attached hydrogens (tertiary/aromatic N) is 1. The fourth-order valence-corrected chi connectivity index (χ4v) is 5.12. The molecule has 2 amide bonds. The minimum Gasteiger partial charge on any atom is -0.479 e. The maximum atomic E-state index is 13.1. The number of likely N-dealkylation sites (N-methyl/N-ethyl adjacent to an activating group) is 1. The van der Waals surface area contributed by atoms with E-state index in [1.165, 1.54) is 26.0 Å². The van der Waals surface area contributed by atoms with E-state index < -0.39 is 16.1 Å². The van der Waals surface area contributed by atoms with Gasteiger partial charge < -0.3 is 15.4 Å². The van der Waals surface area contributed by atoms with Crippen LogP contribution in [0.5, 0.6) is 5.75 Å². The number of aryl methyl sites for hydroxylation is 1. The van der Waals surface area contributed by atoms with Gasteiger partial charge in [-0.1, -0.05) is 25.7 Å². The van der Waals surface area contributed by atoms with Crippen LogP contribution in [0.1, 0.15) is 51.0 Å². The average Bonchev–Trinajstić information content (AvgIpc) is 2.91. The molecule has 9 heteroatoms. The highest BCUT2D eigenvalue weighted by Gasteiger charge is 2.30. The van der Waals surface area contributed by atoms with E-state index in [1.807, 2.05) is 0 Å². The Balaban J connectivity index is 1.73. The summed E-state index contributed by atoms with van der Waals surface area (Å²) in [6, 6.07) is 3.10. The predicted octanol–water partition coefficient (Wildman–Crippen LogP) is 2.17. The fourth-order valence-electron chi connectivity index (χ4n) is 3.77. The van der Waals surface area contributed by atoms with Crippen molar-refractivity contribution in [3.63, 3.8) is 0 Å². The molecule has 0 aromatic heterocycles. The molecule has 0 unspecified atom stereocenters. The number of rotatable bonds is 5. The van der Waals surface area contributed by atoms with Gasteiger partial charge in [0.1, 0.15) is 5.75 Å². The van der Waals surface area contributed by atoms with Crippen LogP contribution in [0.3, 0.4) is 0 Å². The summed E-state index contributed by atoms with van der Waals surface area (Å²) in [5.74, 6) is -0.270. The second-order valence-electron chi connectivity index (χ2n) is 7.88. The molecule has 8 nitrogen and oxygen atoms in total. The lowest BCUT2D eigenvalue weighted by Gasteiger charge is -2.26. The zero-order valence-electron chi connectivity index (χ0n) is 17.2. The summed E-state index contributed by atoms with van der Waals surface area (Å²) >= 11 is 0. The number of hydrogen-bond donors (Lipinski definition) is 2. The number of amides is 2. The number of carbonyl (C=O) groups excluding carboxylic acids is 2. The van der Waals surface area contributed by atoms with Crippen molar-refractivity contribution in [3.05, 3.63) is 17.7 Å². The first-order chi connectivity index (χ1) is 13.7. The summed E-state index contributed by atoms with van der Waals surface area (Å²) in [5, 5.41) is 5.68. The summed E-state index contributed by atoms with van der Waals surface area (Å²) in [7, 11) is -2.50. The number of fused-ring (bicyclic) bond motifs is 1. The van der Waals surface area contributed by atoms with E-state index in [0.717, 1.165) is 30.0 Å². The van der Waals surface area contributed by atoms with E-state index in [1.54, 1.807) is 19.9 Å². The first-order valence-corrected chi connectivity index (χ1v) is 11.5. The first-order valence-electron chi connectivity index (χ1n) is 10.1. The predicted molar refractivity (Wildman–Crippen MR) is 109 cm³/mol. The van der Waals surface area contributed by atoms with E-state index in [-0.39, 0.29) is 29.3 Å². The van der Waals surface area contributed by atoms with Crippen LogP contribution in [0.2, 0.25) is 0 Å². The van der Waals surface area contributed by atoms with Crippen LogP contribution in [0.25, 0.3) is 0 Å². The third-order valence-corrected chi connectivity index (χ3v) is 7.43. The zero-order chi connectivity index (χ0) is 21.2. The van der Waals surface area contributed by atoms with Crippen LogP contribution in [-0.4, -0.2) is 50.3 Å². The molecule has 2 N–H and O–H groups in total. The van der Waals surface area contributed by atoms with Gasteiger partial charge in [0.2, 0.25) is 15.9 Å². The molecule has 0 saturated heterocycles. The number of anilines is 1. The Morgan fingerprint density at radius 3 is 2.55 bits per heavy atom. The van der Waals surface area contributed by atoms with E-state index in [9.17, 15) is 18.0 Å². The molecule has 0 radical (unpaired) electrons. The Kier molecular flexibility index (Phi) is 6.48. The molecule has 1 aromatic rings. The summed E-state index contributed by atoms with van der Waals surface area (Å²) in [4.78, 5) is 24.2. The third-order valence-electron chi connectivity index (χ3n) is 5.48. The Hall–Kier alpha value is -2.13. The van der Waals surface area contributed by atoms with Gasteiger partial charge in [-0.15, -0.1) is 0 Å². The van der Waals surface area contributed by atoms with Crippen molar-refractivity contribution in [1.29, 1.82) is 0 Å². The van der Waals surface area contributed by atoms with Crippen LogP contribution in [0, 0.1) is 6.92 Å². The number of sulfonamides is 1. The topological polar surface area (TPSA) is 105 Å². The van der Waals surface area contributed by atoms with Gasteiger partial charge in [-0.2, -0.15) is 4.31 Å². The minimum absolute atomic E-state index is 0.0596. The van der Waals surface area contributed by atoms with Crippen molar-refractivity contribution in [3.8, 4) is 5.75 Å².